The van der Waals surface area contributed by atoms with Gasteiger partial charge in [-0.3, -0.25) is 0 Å². The Balaban J connectivity index is 1.90. The Labute approximate surface area is 128 Å². The summed E-state index contributed by atoms with van der Waals surface area (Å²) in [6, 6.07) is 13.8. The molecule has 21 heavy (non-hydrogen) atoms. The van der Waals surface area contributed by atoms with E-state index in [0.717, 1.165) is 10.0 Å². The van der Waals surface area contributed by atoms with Gasteiger partial charge in [0.1, 0.15) is 0 Å². The van der Waals surface area contributed by atoms with Crippen molar-refractivity contribution < 1.29 is 9.90 Å². The Morgan fingerprint density at radius 3 is 2.33 bits per heavy atom. The van der Waals surface area contributed by atoms with Gasteiger partial charge in [-0.1, -0.05) is 15.9 Å². The lowest BCUT2D eigenvalue weighted by atomic mass is 10.2. The molecule has 1 aromatic heterocycles. The first-order valence-corrected chi connectivity index (χ1v) is 6.82. The first kappa shape index (κ1) is 13.4. The highest BCUT2D eigenvalue weighted by atomic mass is 79.9. The monoisotopic (exact) mass is 344 g/mol. The van der Waals surface area contributed by atoms with Gasteiger partial charge in [-0.05, 0) is 53.7 Å². The van der Waals surface area contributed by atoms with Crippen LogP contribution in [-0.4, -0.2) is 31.3 Å². The van der Waals surface area contributed by atoms with Crippen molar-refractivity contribution in [2.24, 2.45) is 0 Å². The number of carbonyl (C=O) groups is 1. The van der Waals surface area contributed by atoms with Crippen LogP contribution in [-0.2, 0) is 0 Å². The van der Waals surface area contributed by atoms with E-state index in [1.54, 1.807) is 12.1 Å². The zero-order chi connectivity index (χ0) is 14.8. The molecule has 0 aliphatic heterocycles. The number of tetrazole rings is 1. The van der Waals surface area contributed by atoms with Crippen LogP contribution in [0.15, 0.2) is 53.0 Å². The van der Waals surface area contributed by atoms with Gasteiger partial charge in [0, 0.05) is 10.0 Å². The maximum absolute atomic E-state index is 10.8. The molecule has 0 aliphatic rings. The lowest BCUT2D eigenvalue weighted by Crippen LogP contribution is -2.01. The number of rotatable bonds is 3. The molecular weight excluding hydrogens is 336 g/mol. The minimum absolute atomic E-state index is 0.215. The summed E-state index contributed by atoms with van der Waals surface area (Å²) in [5, 5.41) is 21.1. The van der Waals surface area contributed by atoms with Gasteiger partial charge >= 0.3 is 5.97 Å². The number of carboxylic acids is 1. The summed E-state index contributed by atoms with van der Waals surface area (Å²) in [5.74, 6) is -0.464. The van der Waals surface area contributed by atoms with Crippen LogP contribution in [0.25, 0.3) is 17.1 Å². The molecule has 0 unspecified atom stereocenters. The highest BCUT2D eigenvalue weighted by Gasteiger charge is 2.08. The molecule has 3 aromatic rings. The van der Waals surface area contributed by atoms with Crippen molar-refractivity contribution in [3.8, 4) is 17.1 Å². The van der Waals surface area contributed by atoms with Crippen molar-refractivity contribution in [2.75, 3.05) is 0 Å². The van der Waals surface area contributed by atoms with Crippen molar-refractivity contribution in [2.45, 2.75) is 0 Å². The van der Waals surface area contributed by atoms with Gasteiger partial charge in [0.25, 0.3) is 0 Å². The summed E-state index contributed by atoms with van der Waals surface area (Å²) in [6.45, 7) is 0. The molecule has 0 amide bonds. The number of nitrogens with zero attached hydrogens (tertiary/aromatic N) is 4. The van der Waals surface area contributed by atoms with Crippen molar-refractivity contribution in [1.29, 1.82) is 0 Å². The minimum atomic E-state index is -0.969. The summed E-state index contributed by atoms with van der Waals surface area (Å²) >= 11 is 3.37. The molecule has 0 spiro atoms. The third-order valence-corrected chi connectivity index (χ3v) is 3.39. The number of carboxylic acid groups (broad SMARTS) is 1. The van der Waals surface area contributed by atoms with E-state index in [1.165, 1.54) is 16.9 Å². The van der Waals surface area contributed by atoms with Crippen molar-refractivity contribution in [3.05, 3.63) is 58.6 Å². The highest BCUT2D eigenvalue weighted by Crippen LogP contribution is 2.18. The van der Waals surface area contributed by atoms with Gasteiger partial charge < -0.3 is 5.11 Å². The molecule has 2 aromatic carbocycles. The summed E-state index contributed by atoms with van der Waals surface area (Å²) in [5.41, 5.74) is 1.72. The number of hydrogen-bond acceptors (Lipinski definition) is 4. The largest absolute Gasteiger partial charge is 0.478 e. The lowest BCUT2D eigenvalue weighted by Gasteiger charge is -1.99. The predicted octanol–water partition coefficient (Wildman–Crippen LogP) is 2.79. The van der Waals surface area contributed by atoms with E-state index < -0.39 is 5.97 Å². The molecule has 104 valence electrons. The molecule has 3 rings (SSSR count). The predicted molar refractivity (Wildman–Crippen MR) is 79.2 cm³/mol. The van der Waals surface area contributed by atoms with E-state index in [9.17, 15) is 4.79 Å². The van der Waals surface area contributed by atoms with Crippen LogP contribution < -0.4 is 0 Å². The molecule has 0 radical (unpaired) electrons. The zero-order valence-electron chi connectivity index (χ0n) is 10.6. The van der Waals surface area contributed by atoms with Gasteiger partial charge in [-0.25, -0.2) is 4.79 Å². The topological polar surface area (TPSA) is 80.9 Å². The SMILES string of the molecule is O=C(O)c1ccc(-n2nnc(-c3ccc(Br)cc3)n2)cc1. The van der Waals surface area contributed by atoms with Gasteiger partial charge in [-0.15, -0.1) is 15.0 Å². The van der Waals surface area contributed by atoms with E-state index in [-0.39, 0.29) is 5.56 Å². The number of benzene rings is 2. The standard InChI is InChI=1S/C14H9BrN4O2/c15-11-5-1-9(2-6-11)13-16-18-19(17-13)12-7-3-10(4-8-12)14(20)21/h1-8H,(H,20,21). The van der Waals surface area contributed by atoms with Gasteiger partial charge in [0.05, 0.1) is 11.3 Å². The maximum Gasteiger partial charge on any atom is 0.335 e. The van der Waals surface area contributed by atoms with Gasteiger partial charge in [-0.2, -0.15) is 0 Å². The molecule has 0 aliphatic carbocycles. The van der Waals surface area contributed by atoms with Crippen LogP contribution in [0, 0.1) is 0 Å². The second kappa shape index (κ2) is 5.45. The van der Waals surface area contributed by atoms with Crippen LogP contribution in [0.5, 0.6) is 0 Å². The normalized spacial score (nSPS) is 10.5. The maximum atomic E-state index is 10.8. The van der Waals surface area contributed by atoms with Crippen molar-refractivity contribution in [3.63, 3.8) is 0 Å². The zero-order valence-corrected chi connectivity index (χ0v) is 12.2. The highest BCUT2D eigenvalue weighted by molar-refractivity contribution is 9.10. The summed E-state index contributed by atoms with van der Waals surface area (Å²) < 4.78 is 0.975. The minimum Gasteiger partial charge on any atom is -0.478 e. The average molecular weight is 345 g/mol. The molecule has 0 saturated heterocycles. The molecule has 1 heterocycles. The second-order valence-electron chi connectivity index (χ2n) is 4.26. The van der Waals surface area contributed by atoms with E-state index >= 15 is 0 Å². The molecule has 0 saturated carbocycles. The van der Waals surface area contributed by atoms with Crippen molar-refractivity contribution >= 4 is 21.9 Å². The second-order valence-corrected chi connectivity index (χ2v) is 5.18. The van der Waals surface area contributed by atoms with E-state index in [4.69, 9.17) is 5.11 Å². The van der Waals surface area contributed by atoms with Crippen LogP contribution in [0.3, 0.4) is 0 Å². The molecule has 0 atom stereocenters. The molecule has 1 N–H and O–H groups in total. The van der Waals surface area contributed by atoms with Crippen LogP contribution in [0.4, 0.5) is 0 Å². The Morgan fingerprint density at radius 2 is 1.71 bits per heavy atom. The van der Waals surface area contributed by atoms with Gasteiger partial charge in [0.15, 0.2) is 0 Å². The molecular formula is C14H9BrN4O2. The third kappa shape index (κ3) is 2.82. The Morgan fingerprint density at radius 1 is 1.05 bits per heavy atom. The fourth-order valence-electron chi connectivity index (χ4n) is 1.78. The van der Waals surface area contributed by atoms with Gasteiger partial charge in [0.2, 0.25) is 5.82 Å². The van der Waals surface area contributed by atoms with Crippen LogP contribution in [0.1, 0.15) is 10.4 Å². The Kier molecular flexibility index (Phi) is 3.49. The van der Waals surface area contributed by atoms with Crippen molar-refractivity contribution in [1.82, 2.24) is 20.2 Å². The van der Waals surface area contributed by atoms with Crippen LogP contribution >= 0.6 is 15.9 Å². The molecule has 0 fully saturated rings. The smallest absolute Gasteiger partial charge is 0.335 e. The quantitative estimate of drug-likeness (QED) is 0.789. The Bertz CT molecular complexity index is 781. The number of aromatic carboxylic acids is 1. The third-order valence-electron chi connectivity index (χ3n) is 2.86. The Hall–Kier alpha value is -2.54. The lowest BCUT2D eigenvalue weighted by molar-refractivity contribution is 0.0697. The number of aromatic nitrogens is 4. The summed E-state index contributed by atoms with van der Waals surface area (Å²) in [4.78, 5) is 12.2. The fourth-order valence-corrected chi connectivity index (χ4v) is 2.04. The summed E-state index contributed by atoms with van der Waals surface area (Å²) in [6.07, 6.45) is 0. The molecule has 0 bridgehead atoms. The first-order valence-electron chi connectivity index (χ1n) is 6.03. The van der Waals surface area contributed by atoms with E-state index in [1.807, 2.05) is 24.3 Å². The van der Waals surface area contributed by atoms with Crippen LogP contribution in [0.2, 0.25) is 0 Å². The fraction of sp³-hybridized carbons (Fsp3) is 0. The first-order chi connectivity index (χ1) is 10.1. The number of halogens is 1. The average Bonchev–Trinajstić information content (AvgIpc) is 2.98. The summed E-state index contributed by atoms with van der Waals surface area (Å²) in [7, 11) is 0. The molecule has 6 nitrogen and oxygen atoms in total. The number of hydrogen-bond donors (Lipinski definition) is 1. The van der Waals surface area contributed by atoms with E-state index in [0.29, 0.717) is 11.5 Å². The molecule has 7 heteroatoms. The van der Waals surface area contributed by atoms with E-state index in [2.05, 4.69) is 31.3 Å².